The van der Waals surface area contributed by atoms with E-state index >= 15 is 0 Å². The summed E-state index contributed by atoms with van der Waals surface area (Å²) >= 11 is 0. The maximum atomic E-state index is 10.9. The van der Waals surface area contributed by atoms with E-state index in [2.05, 4.69) is 10.1 Å². The molecule has 0 bridgehead atoms. The predicted octanol–water partition coefficient (Wildman–Crippen LogP) is -1.34. The predicted molar refractivity (Wildman–Crippen MR) is 40.4 cm³/mol. The fourth-order valence-corrected chi connectivity index (χ4v) is 0.717. The smallest absolute Gasteiger partial charge is 0.317 e. The molecule has 1 aromatic rings. The van der Waals surface area contributed by atoms with E-state index in [-0.39, 0.29) is 5.56 Å². The summed E-state index contributed by atoms with van der Waals surface area (Å²) in [4.78, 5) is 15.2. The van der Waals surface area contributed by atoms with E-state index in [1.807, 2.05) is 14.1 Å². The Morgan fingerprint density at radius 2 is 2.27 bits per heavy atom. The summed E-state index contributed by atoms with van der Waals surface area (Å²) < 4.78 is 1.48. The molecule has 0 atom stereocenters. The molecule has 0 radical (unpaired) electrons. The Kier molecular flexibility index (Phi) is 1.89. The van der Waals surface area contributed by atoms with Crippen molar-refractivity contribution >= 4 is 5.95 Å². The summed E-state index contributed by atoms with van der Waals surface area (Å²) in [6, 6.07) is 0. The van der Waals surface area contributed by atoms with Gasteiger partial charge in [-0.3, -0.25) is 9.78 Å². The average Bonchev–Trinajstić information content (AvgIpc) is 1.85. The first-order chi connectivity index (χ1) is 5.09. The Labute approximate surface area is 64.3 Å². The molecular weight excluding hydrogens is 144 g/mol. The normalized spacial score (nSPS) is 9.73. The van der Waals surface area contributed by atoms with Gasteiger partial charge in [-0.15, -0.1) is 0 Å². The maximum absolute atomic E-state index is 10.9. The maximum Gasteiger partial charge on any atom is 0.317 e. The second-order valence-electron chi connectivity index (χ2n) is 2.51. The van der Waals surface area contributed by atoms with Crippen LogP contribution in [0, 0.1) is 0 Å². The Morgan fingerprint density at radius 1 is 1.64 bits per heavy atom. The van der Waals surface area contributed by atoms with Gasteiger partial charge in [0.25, 0.3) is 12.1 Å². The zero-order valence-corrected chi connectivity index (χ0v) is 6.83. The second-order valence-corrected chi connectivity index (χ2v) is 2.51. The number of nitrogens with one attached hydrogen (secondary N) is 1. The highest BCUT2D eigenvalue weighted by Crippen LogP contribution is 1.91. The number of hydrogen-bond donors (Lipinski definition) is 1. The molecule has 0 spiro atoms. The van der Waals surface area contributed by atoms with Crippen LogP contribution < -0.4 is 15.1 Å². The third kappa shape index (κ3) is 1.76. The van der Waals surface area contributed by atoms with Gasteiger partial charge in [0.1, 0.15) is 0 Å². The minimum absolute atomic E-state index is 0.147. The van der Waals surface area contributed by atoms with Crippen LogP contribution >= 0.6 is 0 Å². The number of rotatable bonds is 1. The average molecular weight is 155 g/mol. The topological polar surface area (TPSA) is 52.9 Å². The molecule has 1 heterocycles. The fourth-order valence-electron chi connectivity index (χ4n) is 0.717. The molecule has 5 heteroatoms. The van der Waals surface area contributed by atoms with Crippen molar-refractivity contribution in [1.29, 1.82) is 0 Å². The van der Waals surface area contributed by atoms with Gasteiger partial charge in [0.05, 0.1) is 0 Å². The van der Waals surface area contributed by atoms with E-state index in [9.17, 15) is 4.79 Å². The molecular formula is C6H11N4O+. The van der Waals surface area contributed by atoms with E-state index in [0.29, 0.717) is 5.95 Å². The zero-order valence-electron chi connectivity index (χ0n) is 6.83. The van der Waals surface area contributed by atoms with E-state index < -0.39 is 0 Å². The number of anilines is 1. The minimum atomic E-state index is -0.147. The van der Waals surface area contributed by atoms with Crippen LogP contribution in [0.5, 0.6) is 0 Å². The van der Waals surface area contributed by atoms with E-state index in [1.54, 1.807) is 11.9 Å². The molecule has 60 valence electrons. The minimum Gasteiger partial charge on any atom is -0.344 e. The summed E-state index contributed by atoms with van der Waals surface area (Å²) in [6.07, 6.45) is 1.38. The first-order valence-corrected chi connectivity index (χ1v) is 3.24. The van der Waals surface area contributed by atoms with Gasteiger partial charge in [0.2, 0.25) is 0 Å². The Balaban J connectivity index is 3.19. The van der Waals surface area contributed by atoms with Crippen molar-refractivity contribution in [1.82, 2.24) is 10.1 Å². The van der Waals surface area contributed by atoms with E-state index in [0.717, 1.165) is 0 Å². The lowest BCUT2D eigenvalue weighted by molar-refractivity contribution is -0.731. The van der Waals surface area contributed by atoms with Crippen LogP contribution in [-0.2, 0) is 7.05 Å². The molecule has 0 saturated heterocycles. The first-order valence-electron chi connectivity index (χ1n) is 3.24. The molecule has 0 aliphatic heterocycles. The molecule has 0 amide bonds. The Bertz CT molecular complexity index is 304. The van der Waals surface area contributed by atoms with Crippen molar-refractivity contribution in [3.63, 3.8) is 0 Å². The number of H-pyrrole nitrogens is 1. The van der Waals surface area contributed by atoms with Crippen molar-refractivity contribution in [3.05, 3.63) is 16.6 Å². The quantitative estimate of drug-likeness (QED) is 0.511. The molecule has 11 heavy (non-hydrogen) atoms. The number of hydrogen-bond acceptors (Lipinski definition) is 3. The largest absolute Gasteiger partial charge is 0.344 e. The highest BCUT2D eigenvalue weighted by Gasteiger charge is 2.04. The van der Waals surface area contributed by atoms with E-state index in [1.165, 1.54) is 10.9 Å². The third-order valence-electron chi connectivity index (χ3n) is 1.22. The van der Waals surface area contributed by atoms with Gasteiger partial charge < -0.3 is 4.90 Å². The SMILES string of the molecule is CN(C)c1n[n+](C)cc(=O)[nH]1. The fraction of sp³-hybridized carbons (Fsp3) is 0.500. The Hall–Kier alpha value is -1.39. The molecule has 0 aliphatic carbocycles. The number of aryl methyl sites for hydroxylation is 1. The van der Waals surface area contributed by atoms with Crippen LogP contribution in [-0.4, -0.2) is 24.2 Å². The monoisotopic (exact) mass is 155 g/mol. The summed E-state index contributed by atoms with van der Waals surface area (Å²) in [7, 11) is 5.35. The summed E-state index contributed by atoms with van der Waals surface area (Å²) in [5, 5.41) is 4.02. The van der Waals surface area contributed by atoms with Gasteiger partial charge in [0, 0.05) is 19.2 Å². The second kappa shape index (κ2) is 2.69. The molecule has 5 nitrogen and oxygen atoms in total. The summed E-state index contributed by atoms with van der Waals surface area (Å²) in [6.45, 7) is 0. The van der Waals surface area contributed by atoms with Crippen molar-refractivity contribution in [3.8, 4) is 0 Å². The summed E-state index contributed by atoms with van der Waals surface area (Å²) in [5.74, 6) is 0.556. The van der Waals surface area contributed by atoms with Crippen LogP contribution in [0.3, 0.4) is 0 Å². The number of aromatic amines is 1. The standard InChI is InChI=1S/C6H10N4O/c1-9(2)6-7-5(11)4-10(3)8-6/h4H,1-3H3/p+1. The first kappa shape index (κ1) is 7.71. The van der Waals surface area contributed by atoms with Crippen LogP contribution in [0.25, 0.3) is 0 Å². The molecule has 0 fully saturated rings. The van der Waals surface area contributed by atoms with Crippen LogP contribution in [0.1, 0.15) is 0 Å². The van der Waals surface area contributed by atoms with Crippen molar-refractivity contribution in [2.45, 2.75) is 0 Å². The van der Waals surface area contributed by atoms with Crippen molar-refractivity contribution in [2.24, 2.45) is 7.05 Å². The van der Waals surface area contributed by atoms with Gasteiger partial charge in [-0.25, -0.2) is 0 Å². The molecule has 0 aromatic carbocycles. The Morgan fingerprint density at radius 3 is 2.73 bits per heavy atom. The zero-order chi connectivity index (χ0) is 8.43. The summed E-state index contributed by atoms with van der Waals surface area (Å²) in [5.41, 5.74) is -0.147. The lowest BCUT2D eigenvalue weighted by Gasteiger charge is -2.05. The van der Waals surface area contributed by atoms with Crippen LogP contribution in [0.4, 0.5) is 5.95 Å². The molecule has 0 aliphatic rings. The van der Waals surface area contributed by atoms with Gasteiger partial charge >= 0.3 is 5.56 Å². The van der Waals surface area contributed by atoms with Gasteiger partial charge in [-0.2, -0.15) is 0 Å². The molecule has 0 saturated carbocycles. The lowest BCUT2D eigenvalue weighted by Crippen LogP contribution is -2.39. The third-order valence-corrected chi connectivity index (χ3v) is 1.22. The van der Waals surface area contributed by atoms with Gasteiger partial charge in [-0.1, -0.05) is 4.68 Å². The molecule has 0 unspecified atom stereocenters. The van der Waals surface area contributed by atoms with Crippen LogP contribution in [0.2, 0.25) is 0 Å². The number of aromatic nitrogens is 3. The molecule has 1 rings (SSSR count). The molecule has 1 aromatic heterocycles. The number of nitrogens with zero attached hydrogens (tertiary/aromatic N) is 3. The highest BCUT2D eigenvalue weighted by molar-refractivity contribution is 5.21. The van der Waals surface area contributed by atoms with Crippen molar-refractivity contribution in [2.75, 3.05) is 19.0 Å². The van der Waals surface area contributed by atoms with Crippen molar-refractivity contribution < 1.29 is 4.68 Å². The van der Waals surface area contributed by atoms with Gasteiger partial charge in [0.15, 0.2) is 7.05 Å². The molecule has 1 N–H and O–H groups in total. The van der Waals surface area contributed by atoms with Crippen LogP contribution in [0.15, 0.2) is 11.0 Å². The lowest BCUT2D eigenvalue weighted by atomic mass is 10.7. The highest BCUT2D eigenvalue weighted by atomic mass is 16.1. The van der Waals surface area contributed by atoms with Gasteiger partial charge in [-0.05, 0) is 0 Å². The van der Waals surface area contributed by atoms with E-state index in [4.69, 9.17) is 0 Å².